The Bertz CT molecular complexity index is 268. The summed E-state index contributed by atoms with van der Waals surface area (Å²) in [7, 11) is 0. The first-order valence-corrected chi connectivity index (χ1v) is 7.78. The SMILES string of the molecule is CC(C)C[C@H](N)C(=O)NCCCN1CCCCC1C. The lowest BCUT2D eigenvalue weighted by molar-refractivity contribution is -0.122. The topological polar surface area (TPSA) is 58.4 Å². The Morgan fingerprint density at radius 1 is 1.42 bits per heavy atom. The van der Waals surface area contributed by atoms with Crippen LogP contribution in [0.3, 0.4) is 0 Å². The van der Waals surface area contributed by atoms with E-state index >= 15 is 0 Å². The van der Waals surface area contributed by atoms with Crippen LogP contribution < -0.4 is 11.1 Å². The Morgan fingerprint density at radius 3 is 2.79 bits per heavy atom. The predicted octanol–water partition coefficient (Wildman–Crippen LogP) is 1.74. The molecule has 0 bridgehead atoms. The molecule has 0 aliphatic carbocycles. The first-order chi connectivity index (χ1) is 9.00. The van der Waals surface area contributed by atoms with E-state index in [0.29, 0.717) is 12.0 Å². The second kappa shape index (κ2) is 8.54. The standard InChI is InChI=1S/C15H31N3O/c1-12(2)11-14(16)15(19)17-8-6-10-18-9-5-4-7-13(18)3/h12-14H,4-11,16H2,1-3H3,(H,17,19)/t13?,14-/m0/s1. The Kier molecular flexibility index (Phi) is 7.39. The quantitative estimate of drug-likeness (QED) is 0.692. The molecule has 0 saturated carbocycles. The Morgan fingerprint density at radius 2 is 2.16 bits per heavy atom. The van der Waals surface area contributed by atoms with E-state index in [2.05, 4.69) is 31.0 Å². The zero-order valence-electron chi connectivity index (χ0n) is 12.8. The monoisotopic (exact) mass is 269 g/mol. The average Bonchev–Trinajstić information content (AvgIpc) is 2.35. The van der Waals surface area contributed by atoms with Gasteiger partial charge >= 0.3 is 0 Å². The summed E-state index contributed by atoms with van der Waals surface area (Å²) in [6, 6.07) is 0.349. The molecular formula is C15H31N3O. The van der Waals surface area contributed by atoms with E-state index in [4.69, 9.17) is 5.73 Å². The summed E-state index contributed by atoms with van der Waals surface area (Å²) in [5.41, 5.74) is 5.84. The molecule has 1 amide bonds. The van der Waals surface area contributed by atoms with E-state index < -0.39 is 0 Å². The molecule has 2 atom stereocenters. The summed E-state index contributed by atoms with van der Waals surface area (Å²) in [4.78, 5) is 14.3. The normalized spacial score (nSPS) is 22.5. The molecule has 1 aliphatic rings. The van der Waals surface area contributed by atoms with Crippen molar-refractivity contribution >= 4 is 5.91 Å². The van der Waals surface area contributed by atoms with Crippen LogP contribution in [0.25, 0.3) is 0 Å². The third kappa shape index (κ3) is 6.39. The van der Waals surface area contributed by atoms with Gasteiger partial charge in [0.2, 0.25) is 5.91 Å². The molecule has 0 aromatic carbocycles. The fraction of sp³-hybridized carbons (Fsp3) is 0.933. The molecule has 0 radical (unpaired) electrons. The van der Waals surface area contributed by atoms with Crippen LogP contribution in [0.2, 0.25) is 0 Å². The lowest BCUT2D eigenvalue weighted by atomic mass is 10.0. The number of nitrogens with two attached hydrogens (primary N) is 1. The zero-order chi connectivity index (χ0) is 14.3. The smallest absolute Gasteiger partial charge is 0.236 e. The molecule has 4 heteroatoms. The number of nitrogens with zero attached hydrogens (tertiary/aromatic N) is 1. The van der Waals surface area contributed by atoms with Gasteiger partial charge in [-0.3, -0.25) is 4.79 Å². The van der Waals surface area contributed by atoms with Gasteiger partial charge in [-0.2, -0.15) is 0 Å². The highest BCUT2D eigenvalue weighted by Crippen LogP contribution is 2.16. The summed E-state index contributed by atoms with van der Waals surface area (Å²) in [6.07, 6.45) is 5.76. The summed E-state index contributed by atoms with van der Waals surface area (Å²) in [6.45, 7) is 9.52. The van der Waals surface area contributed by atoms with Crippen molar-refractivity contribution in [2.75, 3.05) is 19.6 Å². The molecule has 1 saturated heterocycles. The highest BCUT2D eigenvalue weighted by Gasteiger charge is 2.18. The first-order valence-electron chi connectivity index (χ1n) is 7.78. The van der Waals surface area contributed by atoms with E-state index in [0.717, 1.165) is 25.9 Å². The van der Waals surface area contributed by atoms with Crippen LogP contribution in [0.1, 0.15) is 52.9 Å². The van der Waals surface area contributed by atoms with Crippen LogP contribution in [0, 0.1) is 5.92 Å². The fourth-order valence-corrected chi connectivity index (χ4v) is 2.73. The van der Waals surface area contributed by atoms with Gasteiger partial charge in [-0.05, 0) is 45.1 Å². The van der Waals surface area contributed by atoms with E-state index in [9.17, 15) is 4.79 Å². The summed E-state index contributed by atoms with van der Waals surface area (Å²) in [5, 5.41) is 2.95. The van der Waals surface area contributed by atoms with Crippen molar-refractivity contribution in [3.05, 3.63) is 0 Å². The number of carbonyl (C=O) groups is 1. The number of piperidine rings is 1. The van der Waals surface area contributed by atoms with E-state index in [1.165, 1.54) is 25.8 Å². The van der Waals surface area contributed by atoms with Gasteiger partial charge in [-0.25, -0.2) is 0 Å². The average molecular weight is 269 g/mol. The molecule has 0 spiro atoms. The van der Waals surface area contributed by atoms with Crippen LogP contribution in [0.4, 0.5) is 0 Å². The van der Waals surface area contributed by atoms with Gasteiger partial charge in [0.15, 0.2) is 0 Å². The molecule has 1 heterocycles. The predicted molar refractivity (Wildman–Crippen MR) is 79.9 cm³/mol. The van der Waals surface area contributed by atoms with Crippen LogP contribution in [-0.4, -0.2) is 42.5 Å². The maximum absolute atomic E-state index is 11.7. The van der Waals surface area contributed by atoms with Gasteiger partial charge in [-0.15, -0.1) is 0 Å². The van der Waals surface area contributed by atoms with Crippen LogP contribution in [-0.2, 0) is 4.79 Å². The number of likely N-dealkylation sites (tertiary alicyclic amines) is 1. The number of amides is 1. The maximum Gasteiger partial charge on any atom is 0.236 e. The summed E-state index contributed by atoms with van der Waals surface area (Å²) < 4.78 is 0. The van der Waals surface area contributed by atoms with Crippen molar-refractivity contribution in [1.82, 2.24) is 10.2 Å². The van der Waals surface area contributed by atoms with E-state index in [1.54, 1.807) is 0 Å². The molecule has 3 N–H and O–H groups in total. The summed E-state index contributed by atoms with van der Waals surface area (Å²) in [5.74, 6) is 0.468. The van der Waals surface area contributed by atoms with Gasteiger partial charge in [0.1, 0.15) is 0 Å². The van der Waals surface area contributed by atoms with Crippen LogP contribution in [0.5, 0.6) is 0 Å². The highest BCUT2D eigenvalue weighted by atomic mass is 16.2. The van der Waals surface area contributed by atoms with Crippen molar-refractivity contribution in [2.24, 2.45) is 11.7 Å². The third-order valence-electron chi connectivity index (χ3n) is 3.92. The molecule has 4 nitrogen and oxygen atoms in total. The lowest BCUT2D eigenvalue weighted by Crippen LogP contribution is -2.43. The second-order valence-electron chi connectivity index (χ2n) is 6.26. The van der Waals surface area contributed by atoms with Crippen molar-refractivity contribution in [2.45, 2.75) is 65.0 Å². The molecule has 1 rings (SSSR count). The first kappa shape index (κ1) is 16.4. The molecule has 112 valence electrons. The van der Waals surface area contributed by atoms with E-state index in [-0.39, 0.29) is 11.9 Å². The molecule has 1 aliphatic heterocycles. The lowest BCUT2D eigenvalue weighted by Gasteiger charge is -2.33. The third-order valence-corrected chi connectivity index (χ3v) is 3.92. The largest absolute Gasteiger partial charge is 0.355 e. The minimum atomic E-state index is -0.353. The van der Waals surface area contributed by atoms with Crippen molar-refractivity contribution in [1.29, 1.82) is 0 Å². The Labute approximate surface area is 118 Å². The van der Waals surface area contributed by atoms with Crippen molar-refractivity contribution < 1.29 is 4.79 Å². The van der Waals surface area contributed by atoms with Crippen LogP contribution >= 0.6 is 0 Å². The number of hydrogen-bond donors (Lipinski definition) is 2. The fourth-order valence-electron chi connectivity index (χ4n) is 2.73. The number of hydrogen-bond acceptors (Lipinski definition) is 3. The highest BCUT2D eigenvalue weighted by molar-refractivity contribution is 5.81. The Hall–Kier alpha value is -0.610. The number of carbonyl (C=O) groups excluding carboxylic acids is 1. The molecule has 1 unspecified atom stereocenters. The summed E-state index contributed by atoms with van der Waals surface area (Å²) >= 11 is 0. The molecular weight excluding hydrogens is 238 g/mol. The number of rotatable bonds is 7. The molecule has 1 fully saturated rings. The minimum absolute atomic E-state index is 0.000364. The van der Waals surface area contributed by atoms with Gasteiger partial charge in [0.05, 0.1) is 6.04 Å². The van der Waals surface area contributed by atoms with Crippen molar-refractivity contribution in [3.8, 4) is 0 Å². The van der Waals surface area contributed by atoms with Gasteiger partial charge in [0.25, 0.3) is 0 Å². The Balaban J connectivity index is 2.11. The van der Waals surface area contributed by atoms with Crippen molar-refractivity contribution in [3.63, 3.8) is 0 Å². The maximum atomic E-state index is 11.7. The minimum Gasteiger partial charge on any atom is -0.355 e. The number of nitrogens with one attached hydrogen (secondary N) is 1. The second-order valence-corrected chi connectivity index (χ2v) is 6.26. The van der Waals surface area contributed by atoms with E-state index in [1.807, 2.05) is 0 Å². The molecule has 19 heavy (non-hydrogen) atoms. The van der Waals surface area contributed by atoms with Gasteiger partial charge in [0, 0.05) is 19.1 Å². The zero-order valence-corrected chi connectivity index (χ0v) is 12.8. The molecule has 0 aromatic heterocycles. The van der Waals surface area contributed by atoms with Gasteiger partial charge in [-0.1, -0.05) is 20.3 Å². The molecule has 0 aromatic rings. The van der Waals surface area contributed by atoms with Crippen LogP contribution in [0.15, 0.2) is 0 Å². The van der Waals surface area contributed by atoms with Gasteiger partial charge < -0.3 is 16.0 Å².